The summed E-state index contributed by atoms with van der Waals surface area (Å²) in [6, 6.07) is 12.4. The second-order valence-corrected chi connectivity index (χ2v) is 3.76. The van der Waals surface area contributed by atoms with E-state index in [1.54, 1.807) is 0 Å². The van der Waals surface area contributed by atoms with Gasteiger partial charge in [0.25, 0.3) is 5.91 Å². The van der Waals surface area contributed by atoms with Gasteiger partial charge in [-0.1, -0.05) is 18.2 Å². The number of ether oxygens (including phenoxy) is 1. The molecule has 0 atom stereocenters. The number of nitrogens with one attached hydrogen (secondary N) is 1. The molecule has 0 fully saturated rings. The van der Waals surface area contributed by atoms with Gasteiger partial charge in [0.1, 0.15) is 18.2 Å². The number of amides is 1. The number of para-hydroxylation sites is 1. The van der Waals surface area contributed by atoms with Gasteiger partial charge in [-0.25, -0.2) is 0 Å². The number of benzene rings is 1. The van der Waals surface area contributed by atoms with Crippen LogP contribution in [0.3, 0.4) is 0 Å². The van der Waals surface area contributed by atoms with Crippen LogP contribution < -0.4 is 15.8 Å². The molecular formula is C13H14N4O2. The van der Waals surface area contributed by atoms with Crippen molar-refractivity contribution < 1.29 is 9.53 Å². The van der Waals surface area contributed by atoms with Crippen LogP contribution in [0.15, 0.2) is 42.5 Å². The molecule has 2 rings (SSSR count). The second kappa shape index (κ2) is 6.34. The Bertz CT molecular complexity index is 528. The van der Waals surface area contributed by atoms with Crippen LogP contribution in [0.25, 0.3) is 0 Å². The first kappa shape index (κ1) is 12.8. The van der Waals surface area contributed by atoms with Crippen LogP contribution in [0.5, 0.6) is 5.75 Å². The molecule has 0 aliphatic heterocycles. The third-order valence-corrected chi connectivity index (χ3v) is 2.32. The molecule has 6 heteroatoms. The average molecular weight is 258 g/mol. The maximum atomic E-state index is 11.7. The van der Waals surface area contributed by atoms with Gasteiger partial charge in [0.2, 0.25) is 0 Å². The SMILES string of the molecule is Nc1ccc(C(=O)NCCOc2ccccc2)nn1. The monoisotopic (exact) mass is 258 g/mol. The normalized spacial score (nSPS) is 9.89. The highest BCUT2D eigenvalue weighted by atomic mass is 16.5. The fourth-order valence-corrected chi connectivity index (χ4v) is 1.40. The highest BCUT2D eigenvalue weighted by Crippen LogP contribution is 2.07. The van der Waals surface area contributed by atoms with E-state index in [-0.39, 0.29) is 17.4 Å². The smallest absolute Gasteiger partial charge is 0.271 e. The van der Waals surface area contributed by atoms with E-state index in [2.05, 4.69) is 15.5 Å². The predicted octanol–water partition coefficient (Wildman–Crippen LogP) is 0.868. The molecule has 0 radical (unpaired) electrons. The number of nitrogens with two attached hydrogens (primary N) is 1. The van der Waals surface area contributed by atoms with Crippen molar-refractivity contribution in [1.29, 1.82) is 0 Å². The lowest BCUT2D eigenvalue weighted by Crippen LogP contribution is -2.29. The molecule has 0 saturated heterocycles. The summed E-state index contributed by atoms with van der Waals surface area (Å²) in [5.74, 6) is 0.747. The summed E-state index contributed by atoms with van der Waals surface area (Å²) in [5.41, 5.74) is 5.62. The standard InChI is InChI=1S/C13H14N4O2/c14-12-7-6-11(16-17-12)13(18)15-8-9-19-10-4-2-1-3-5-10/h1-7H,8-9H2,(H2,14,17)(H,15,18). The lowest BCUT2D eigenvalue weighted by atomic mass is 10.3. The van der Waals surface area contributed by atoms with Crippen molar-refractivity contribution >= 4 is 11.7 Å². The molecule has 1 aromatic heterocycles. The van der Waals surface area contributed by atoms with Crippen LogP contribution in [0.1, 0.15) is 10.5 Å². The van der Waals surface area contributed by atoms with E-state index in [0.717, 1.165) is 5.75 Å². The van der Waals surface area contributed by atoms with Crippen molar-refractivity contribution in [3.8, 4) is 5.75 Å². The molecule has 2 aromatic rings. The first-order valence-corrected chi connectivity index (χ1v) is 5.81. The Morgan fingerprint density at radius 3 is 2.63 bits per heavy atom. The molecule has 1 amide bonds. The van der Waals surface area contributed by atoms with E-state index in [4.69, 9.17) is 10.5 Å². The number of carbonyl (C=O) groups is 1. The summed E-state index contributed by atoms with van der Waals surface area (Å²) >= 11 is 0. The van der Waals surface area contributed by atoms with Gasteiger partial charge in [0.05, 0.1) is 6.54 Å². The summed E-state index contributed by atoms with van der Waals surface area (Å²) in [7, 11) is 0. The van der Waals surface area contributed by atoms with E-state index < -0.39 is 0 Å². The van der Waals surface area contributed by atoms with Gasteiger partial charge >= 0.3 is 0 Å². The van der Waals surface area contributed by atoms with Crippen molar-refractivity contribution in [1.82, 2.24) is 15.5 Å². The molecular weight excluding hydrogens is 244 g/mol. The van der Waals surface area contributed by atoms with Gasteiger partial charge in [0.15, 0.2) is 5.69 Å². The molecule has 1 heterocycles. The third kappa shape index (κ3) is 3.95. The lowest BCUT2D eigenvalue weighted by Gasteiger charge is -2.07. The van der Waals surface area contributed by atoms with Crippen LogP contribution in [0.2, 0.25) is 0 Å². The minimum atomic E-state index is -0.302. The van der Waals surface area contributed by atoms with E-state index in [1.165, 1.54) is 12.1 Å². The molecule has 3 N–H and O–H groups in total. The van der Waals surface area contributed by atoms with Crippen molar-refractivity contribution in [3.63, 3.8) is 0 Å². The van der Waals surface area contributed by atoms with Gasteiger partial charge in [-0.15, -0.1) is 10.2 Å². The number of carbonyl (C=O) groups excluding carboxylic acids is 1. The quantitative estimate of drug-likeness (QED) is 0.776. The third-order valence-electron chi connectivity index (χ3n) is 2.32. The number of anilines is 1. The Morgan fingerprint density at radius 2 is 1.95 bits per heavy atom. The molecule has 6 nitrogen and oxygen atoms in total. The van der Waals surface area contributed by atoms with Crippen molar-refractivity contribution in [2.75, 3.05) is 18.9 Å². The Labute approximate surface area is 110 Å². The summed E-state index contributed by atoms with van der Waals surface area (Å²) < 4.78 is 5.44. The molecule has 0 unspecified atom stereocenters. The highest BCUT2D eigenvalue weighted by Gasteiger charge is 2.06. The predicted molar refractivity (Wildman–Crippen MR) is 70.7 cm³/mol. The summed E-state index contributed by atoms with van der Waals surface area (Å²) in [5, 5.41) is 9.98. The molecule has 0 spiro atoms. The Morgan fingerprint density at radius 1 is 1.16 bits per heavy atom. The fourth-order valence-electron chi connectivity index (χ4n) is 1.40. The number of hydrogen-bond acceptors (Lipinski definition) is 5. The fraction of sp³-hybridized carbons (Fsp3) is 0.154. The Kier molecular flexibility index (Phi) is 4.28. The van der Waals surface area contributed by atoms with Crippen LogP contribution in [-0.4, -0.2) is 29.3 Å². The zero-order chi connectivity index (χ0) is 13.5. The minimum Gasteiger partial charge on any atom is -0.492 e. The highest BCUT2D eigenvalue weighted by molar-refractivity contribution is 5.92. The van der Waals surface area contributed by atoms with Crippen molar-refractivity contribution in [2.45, 2.75) is 0 Å². The number of hydrogen-bond donors (Lipinski definition) is 2. The van der Waals surface area contributed by atoms with Crippen molar-refractivity contribution in [3.05, 3.63) is 48.2 Å². The van der Waals surface area contributed by atoms with Gasteiger partial charge in [-0.3, -0.25) is 4.79 Å². The summed E-state index contributed by atoms with van der Waals surface area (Å²) in [4.78, 5) is 11.7. The van der Waals surface area contributed by atoms with E-state index in [0.29, 0.717) is 13.2 Å². The molecule has 1 aromatic carbocycles. The van der Waals surface area contributed by atoms with Gasteiger partial charge in [-0.2, -0.15) is 0 Å². The second-order valence-electron chi connectivity index (χ2n) is 3.76. The number of nitrogen functional groups attached to an aromatic ring is 1. The first-order chi connectivity index (χ1) is 9.25. The van der Waals surface area contributed by atoms with E-state index in [1.807, 2.05) is 30.3 Å². The van der Waals surface area contributed by atoms with Crippen molar-refractivity contribution in [2.24, 2.45) is 0 Å². The lowest BCUT2D eigenvalue weighted by molar-refractivity contribution is 0.0941. The van der Waals surface area contributed by atoms with Crippen LogP contribution in [0.4, 0.5) is 5.82 Å². The molecule has 0 bridgehead atoms. The Hall–Kier alpha value is -2.63. The molecule has 0 aliphatic carbocycles. The van der Waals surface area contributed by atoms with Gasteiger partial charge in [0, 0.05) is 0 Å². The van der Waals surface area contributed by atoms with Crippen LogP contribution in [0, 0.1) is 0 Å². The summed E-state index contributed by atoms with van der Waals surface area (Å²) in [6.07, 6.45) is 0. The maximum Gasteiger partial charge on any atom is 0.271 e. The molecule has 98 valence electrons. The van der Waals surface area contributed by atoms with E-state index in [9.17, 15) is 4.79 Å². The van der Waals surface area contributed by atoms with Gasteiger partial charge in [-0.05, 0) is 24.3 Å². The maximum absolute atomic E-state index is 11.7. The zero-order valence-corrected chi connectivity index (χ0v) is 10.2. The topological polar surface area (TPSA) is 90.1 Å². The first-order valence-electron chi connectivity index (χ1n) is 5.81. The minimum absolute atomic E-state index is 0.230. The zero-order valence-electron chi connectivity index (χ0n) is 10.2. The molecule has 19 heavy (non-hydrogen) atoms. The van der Waals surface area contributed by atoms with Crippen LogP contribution in [-0.2, 0) is 0 Å². The van der Waals surface area contributed by atoms with E-state index >= 15 is 0 Å². The van der Waals surface area contributed by atoms with Gasteiger partial charge < -0.3 is 15.8 Å². The number of aromatic nitrogens is 2. The number of rotatable bonds is 5. The number of nitrogens with zero attached hydrogens (tertiary/aromatic N) is 2. The largest absolute Gasteiger partial charge is 0.492 e. The average Bonchev–Trinajstić information content (AvgIpc) is 2.45. The van der Waals surface area contributed by atoms with Crippen LogP contribution >= 0.6 is 0 Å². The Balaban J connectivity index is 1.74. The molecule has 0 saturated carbocycles. The summed E-state index contributed by atoms with van der Waals surface area (Å²) in [6.45, 7) is 0.776. The molecule has 0 aliphatic rings.